The highest BCUT2D eigenvalue weighted by atomic mass is 35.5. The summed E-state index contributed by atoms with van der Waals surface area (Å²) in [5, 5.41) is 3.52. The van der Waals surface area contributed by atoms with Crippen LogP contribution in [0.5, 0.6) is 17.2 Å². The highest BCUT2D eigenvalue weighted by Crippen LogP contribution is 2.27. The van der Waals surface area contributed by atoms with Gasteiger partial charge in [-0.2, -0.15) is 0 Å². The van der Waals surface area contributed by atoms with Crippen LogP contribution in [0.15, 0.2) is 42.5 Å². The van der Waals surface area contributed by atoms with Gasteiger partial charge in [-0.3, -0.25) is 4.79 Å². The standard InChI is InChI=1S/C21H26ClNO4S/c1-15(28-12-4-11-27-18-8-6-17(22)7-9-18)21(24)23-14-16-5-10-19(25-2)20(13-16)26-3/h5-10,13,15H,4,11-12,14H2,1-3H3,(H,23,24). The summed E-state index contributed by atoms with van der Waals surface area (Å²) < 4.78 is 16.2. The average molecular weight is 424 g/mol. The topological polar surface area (TPSA) is 56.8 Å². The summed E-state index contributed by atoms with van der Waals surface area (Å²) in [4.78, 5) is 12.3. The lowest BCUT2D eigenvalue weighted by Crippen LogP contribution is -2.30. The lowest BCUT2D eigenvalue weighted by atomic mass is 10.2. The Balaban J connectivity index is 1.66. The molecule has 1 amide bonds. The lowest BCUT2D eigenvalue weighted by molar-refractivity contribution is -0.120. The Hall–Kier alpha value is -2.05. The third kappa shape index (κ3) is 7.17. The van der Waals surface area contributed by atoms with E-state index in [4.69, 9.17) is 25.8 Å². The van der Waals surface area contributed by atoms with Crippen LogP contribution in [0.25, 0.3) is 0 Å². The van der Waals surface area contributed by atoms with E-state index in [-0.39, 0.29) is 11.2 Å². The van der Waals surface area contributed by atoms with Gasteiger partial charge in [-0.15, -0.1) is 11.8 Å². The van der Waals surface area contributed by atoms with E-state index in [0.717, 1.165) is 23.5 Å². The number of nitrogens with one attached hydrogen (secondary N) is 1. The molecule has 2 rings (SSSR count). The van der Waals surface area contributed by atoms with Crippen molar-refractivity contribution in [1.82, 2.24) is 5.32 Å². The van der Waals surface area contributed by atoms with Crippen molar-refractivity contribution in [3.05, 3.63) is 53.1 Å². The SMILES string of the molecule is COc1ccc(CNC(=O)C(C)SCCCOc2ccc(Cl)cc2)cc1OC. The molecule has 1 atom stereocenters. The Morgan fingerprint density at radius 3 is 2.50 bits per heavy atom. The molecular weight excluding hydrogens is 398 g/mol. The Morgan fingerprint density at radius 2 is 1.82 bits per heavy atom. The minimum atomic E-state index is -0.129. The summed E-state index contributed by atoms with van der Waals surface area (Å²) in [6.07, 6.45) is 0.862. The number of benzene rings is 2. The predicted molar refractivity (Wildman–Crippen MR) is 115 cm³/mol. The second kappa shape index (κ2) is 11.7. The molecule has 0 aliphatic rings. The lowest BCUT2D eigenvalue weighted by Gasteiger charge is -2.13. The minimum Gasteiger partial charge on any atom is -0.494 e. The Labute approximate surface area is 175 Å². The number of thioether (sulfide) groups is 1. The fraction of sp³-hybridized carbons (Fsp3) is 0.381. The maximum atomic E-state index is 12.3. The zero-order valence-corrected chi connectivity index (χ0v) is 17.9. The molecule has 0 bridgehead atoms. The van der Waals surface area contributed by atoms with Crippen LogP contribution in [0.1, 0.15) is 18.9 Å². The van der Waals surface area contributed by atoms with Crippen LogP contribution in [-0.4, -0.2) is 37.7 Å². The predicted octanol–water partition coefficient (Wildman–Crippen LogP) is 4.56. The molecule has 28 heavy (non-hydrogen) atoms. The van der Waals surface area contributed by atoms with Gasteiger partial charge in [0.15, 0.2) is 11.5 Å². The van der Waals surface area contributed by atoms with Crippen LogP contribution in [0, 0.1) is 0 Å². The molecule has 152 valence electrons. The zero-order valence-electron chi connectivity index (χ0n) is 16.4. The third-order valence-electron chi connectivity index (χ3n) is 4.02. The molecule has 0 aromatic heterocycles. The Bertz CT molecular complexity index is 755. The van der Waals surface area contributed by atoms with Crippen LogP contribution in [-0.2, 0) is 11.3 Å². The molecule has 0 radical (unpaired) electrons. The van der Waals surface area contributed by atoms with Crippen LogP contribution in [0.4, 0.5) is 0 Å². The van der Waals surface area contributed by atoms with E-state index >= 15 is 0 Å². The number of ether oxygens (including phenoxy) is 3. The smallest absolute Gasteiger partial charge is 0.233 e. The first-order valence-corrected chi connectivity index (χ1v) is 10.4. The molecule has 0 saturated heterocycles. The molecule has 1 N–H and O–H groups in total. The average Bonchev–Trinajstić information content (AvgIpc) is 2.72. The summed E-state index contributed by atoms with van der Waals surface area (Å²) >= 11 is 7.46. The van der Waals surface area contributed by atoms with Crippen LogP contribution < -0.4 is 19.5 Å². The van der Waals surface area contributed by atoms with Gasteiger partial charge in [0, 0.05) is 11.6 Å². The van der Waals surface area contributed by atoms with Gasteiger partial charge in [0.2, 0.25) is 5.91 Å². The zero-order chi connectivity index (χ0) is 20.4. The summed E-state index contributed by atoms with van der Waals surface area (Å²) in [6, 6.07) is 12.9. The summed E-state index contributed by atoms with van der Waals surface area (Å²) in [6.45, 7) is 2.97. The second-order valence-corrected chi connectivity index (χ2v) is 7.96. The van der Waals surface area contributed by atoms with Gasteiger partial charge >= 0.3 is 0 Å². The van der Waals surface area contributed by atoms with E-state index in [1.807, 2.05) is 37.3 Å². The normalized spacial score (nSPS) is 11.6. The molecule has 0 saturated carbocycles. The highest BCUT2D eigenvalue weighted by Gasteiger charge is 2.13. The molecule has 2 aromatic carbocycles. The number of methoxy groups -OCH3 is 2. The summed E-state index contributed by atoms with van der Waals surface area (Å²) in [5.74, 6) is 2.98. The monoisotopic (exact) mass is 423 g/mol. The molecule has 0 aliphatic carbocycles. The molecule has 5 nitrogen and oxygen atoms in total. The minimum absolute atomic E-state index is 0.0124. The largest absolute Gasteiger partial charge is 0.494 e. The van der Waals surface area contributed by atoms with Crippen molar-refractivity contribution in [3.8, 4) is 17.2 Å². The summed E-state index contributed by atoms with van der Waals surface area (Å²) in [5.41, 5.74) is 0.958. The fourth-order valence-electron chi connectivity index (χ4n) is 2.44. The number of rotatable bonds is 11. The maximum Gasteiger partial charge on any atom is 0.233 e. The van der Waals surface area contributed by atoms with Gasteiger partial charge in [-0.1, -0.05) is 17.7 Å². The molecule has 0 fully saturated rings. The van der Waals surface area contributed by atoms with E-state index in [2.05, 4.69) is 5.32 Å². The highest BCUT2D eigenvalue weighted by molar-refractivity contribution is 8.00. The van der Waals surface area contributed by atoms with Crippen molar-refractivity contribution in [2.24, 2.45) is 0 Å². The van der Waals surface area contributed by atoms with Crippen LogP contribution in [0.3, 0.4) is 0 Å². The molecular formula is C21H26ClNO4S. The molecule has 7 heteroatoms. The van der Waals surface area contributed by atoms with E-state index in [0.29, 0.717) is 29.7 Å². The van der Waals surface area contributed by atoms with Crippen molar-refractivity contribution in [3.63, 3.8) is 0 Å². The van der Waals surface area contributed by atoms with Gasteiger partial charge in [-0.05, 0) is 61.1 Å². The van der Waals surface area contributed by atoms with Gasteiger partial charge in [0.1, 0.15) is 5.75 Å². The van der Waals surface area contributed by atoms with E-state index in [1.54, 1.807) is 38.1 Å². The molecule has 0 aliphatic heterocycles. The van der Waals surface area contributed by atoms with E-state index < -0.39 is 0 Å². The number of hydrogen-bond donors (Lipinski definition) is 1. The first-order chi connectivity index (χ1) is 13.5. The molecule has 2 aromatic rings. The third-order valence-corrected chi connectivity index (χ3v) is 5.51. The summed E-state index contributed by atoms with van der Waals surface area (Å²) in [7, 11) is 3.19. The van der Waals surface area contributed by atoms with E-state index in [9.17, 15) is 4.79 Å². The van der Waals surface area contributed by atoms with Crippen molar-refractivity contribution < 1.29 is 19.0 Å². The number of carbonyl (C=O) groups is 1. The van der Waals surface area contributed by atoms with Crippen molar-refractivity contribution in [2.45, 2.75) is 25.1 Å². The van der Waals surface area contributed by atoms with Gasteiger partial charge in [0.05, 0.1) is 26.1 Å². The van der Waals surface area contributed by atoms with Crippen LogP contribution in [0.2, 0.25) is 5.02 Å². The van der Waals surface area contributed by atoms with Crippen LogP contribution >= 0.6 is 23.4 Å². The first kappa shape index (κ1) is 22.2. The number of halogens is 1. The molecule has 0 heterocycles. The molecule has 1 unspecified atom stereocenters. The van der Waals surface area contributed by atoms with E-state index in [1.165, 1.54) is 0 Å². The van der Waals surface area contributed by atoms with Crippen molar-refractivity contribution >= 4 is 29.3 Å². The fourth-order valence-corrected chi connectivity index (χ4v) is 3.44. The Kier molecular flexibility index (Phi) is 9.31. The van der Waals surface area contributed by atoms with Gasteiger partial charge in [0.25, 0.3) is 0 Å². The first-order valence-electron chi connectivity index (χ1n) is 9.02. The maximum absolute atomic E-state index is 12.3. The molecule has 0 spiro atoms. The number of hydrogen-bond acceptors (Lipinski definition) is 5. The quantitative estimate of drug-likeness (QED) is 0.537. The Morgan fingerprint density at radius 1 is 1.11 bits per heavy atom. The van der Waals surface area contributed by atoms with Crippen molar-refractivity contribution in [1.29, 1.82) is 0 Å². The number of carbonyl (C=O) groups excluding carboxylic acids is 1. The van der Waals surface area contributed by atoms with Crippen molar-refractivity contribution in [2.75, 3.05) is 26.6 Å². The number of amides is 1. The van der Waals surface area contributed by atoms with Gasteiger partial charge < -0.3 is 19.5 Å². The second-order valence-electron chi connectivity index (χ2n) is 6.08. The van der Waals surface area contributed by atoms with Gasteiger partial charge in [-0.25, -0.2) is 0 Å².